The van der Waals surface area contributed by atoms with Crippen molar-refractivity contribution < 1.29 is 234 Å². The fraction of sp³-hybridized carbons (Fsp3) is 0.0213. The van der Waals surface area contributed by atoms with Gasteiger partial charge in [0.15, 0.2) is 0 Å². The van der Waals surface area contributed by atoms with Gasteiger partial charge < -0.3 is 134 Å². The Bertz CT molecular complexity index is 5360. The third-order valence-corrected chi connectivity index (χ3v) is 18.3. The van der Waals surface area contributed by atoms with E-state index in [1.165, 1.54) is 97.1 Å². The van der Waals surface area contributed by atoms with Crippen molar-refractivity contribution in [3.8, 4) is 0 Å². The zero-order valence-corrected chi connectivity index (χ0v) is 87.8. The number of nitrogens with zero attached hydrogens (tertiary/aromatic N) is 24. The summed E-state index contributed by atoms with van der Waals surface area (Å²) in [5.74, 6) is -9.03. The SMILES string of the molecule is ClCCl.ClCCl.O=C([O-])c1ccccc1.O=C([O-])c1ccccc1.O=C([O-])c1ccccc1.O=C([O-])c1ccccc1.O=C([O-])c1ccccc1.O=C([O-])c1ccccc1.O=C([O-])c1ccccc1.O=C([O-])c1ccccc1.[Tb+3].[Tb+3].[Tb+3].[Tb+3].c1cnn([BH-](n2cccn2)n2cccn2)c1.c1cnn([BH-](n2cccn2)n2cccn2)c1.c1cnn([BH-](n2cccn2)n2cccn2)c1.c1cnn([BH-](n2cccn2)n2cccn2)c1. The van der Waals surface area contributed by atoms with Gasteiger partial charge in [-0.15, -0.1) is 46.4 Å². The number of hydrogen-bond acceptors (Lipinski definition) is 28. The van der Waals surface area contributed by atoms with Crippen molar-refractivity contribution in [3.05, 3.63) is 509 Å². The summed E-state index contributed by atoms with van der Waals surface area (Å²) < 4.78 is 22.5. The van der Waals surface area contributed by atoms with E-state index in [0.717, 1.165) is 0 Å². The van der Waals surface area contributed by atoms with E-state index in [1.807, 2.05) is 202 Å². The van der Waals surface area contributed by atoms with E-state index in [-0.39, 0.29) is 210 Å². The van der Waals surface area contributed by atoms with Crippen molar-refractivity contribution in [2.24, 2.45) is 0 Å². The largest absolute Gasteiger partial charge is 3.00 e. The molecule has 0 spiro atoms. The maximum atomic E-state index is 10.1. The molecule has 0 fully saturated rings. The molecule has 0 saturated carbocycles. The maximum Gasteiger partial charge on any atom is 3.00 e. The molecule has 0 radical (unpaired) electrons. The van der Waals surface area contributed by atoms with Crippen molar-refractivity contribution in [1.82, 2.24) is 116 Å². The summed E-state index contributed by atoms with van der Waals surface area (Å²) in [6.07, 6.45) is 44.1. The van der Waals surface area contributed by atoms with Crippen molar-refractivity contribution in [2.75, 3.05) is 10.7 Å². The quantitative estimate of drug-likeness (QED) is 0.0781. The molecular weight excluding hydrogens is 2540 g/mol. The number of carboxylic acids is 8. The van der Waals surface area contributed by atoms with Crippen molar-refractivity contribution >= 4 is 123 Å². The number of benzene rings is 8. The minimum Gasteiger partial charge on any atom is -0.545 e. The van der Waals surface area contributed by atoms with Gasteiger partial charge in [0.05, 0.1) is 58.4 Å². The Labute approximate surface area is 980 Å². The molecule has 40 nitrogen and oxygen atoms in total. The van der Waals surface area contributed by atoms with Gasteiger partial charge in [0.25, 0.3) is 0 Å². The van der Waals surface area contributed by atoms with Crippen LogP contribution in [0, 0.1) is 154 Å². The molecular formula is C94H84B4Cl4N24O16Tb4. The second-order valence-electron chi connectivity index (χ2n) is 27.7. The maximum absolute atomic E-state index is 10.1. The average molecular weight is 2630 g/mol. The molecule has 0 N–H and O–H groups in total. The van der Waals surface area contributed by atoms with Crippen LogP contribution in [-0.2, 0) is 0 Å². The van der Waals surface area contributed by atoms with E-state index in [1.54, 1.807) is 220 Å². The number of carbonyl (C=O) groups excluding carboxylic acids is 8. The second-order valence-corrected chi connectivity index (χ2v) is 29.3. The topological polar surface area (TPSA) is 535 Å². The number of hydrogen-bond donors (Lipinski definition) is 0. The molecule has 0 aliphatic heterocycles. The predicted octanol–water partition coefficient (Wildman–Crippen LogP) is 3.00. The monoisotopic (exact) mass is 2620 g/mol. The summed E-state index contributed by atoms with van der Waals surface area (Å²) in [6.45, 7) is 0. The van der Waals surface area contributed by atoms with Gasteiger partial charge in [0.2, 0.25) is 0 Å². The van der Waals surface area contributed by atoms with Crippen LogP contribution in [0.5, 0.6) is 0 Å². The first-order valence-corrected chi connectivity index (χ1v) is 44.2. The number of aromatic nitrogens is 24. The van der Waals surface area contributed by atoms with E-state index in [2.05, 4.69) is 61.2 Å². The number of carbonyl (C=O) groups is 8. The summed E-state index contributed by atoms with van der Waals surface area (Å²) >= 11 is 19.1. The van der Waals surface area contributed by atoms with Crippen LogP contribution < -0.4 is 40.9 Å². The van der Waals surface area contributed by atoms with Gasteiger partial charge in [0.1, 0.15) is 0 Å². The molecule has 0 unspecified atom stereocenters. The molecule has 0 aliphatic carbocycles. The van der Waals surface area contributed by atoms with Gasteiger partial charge in [-0.25, -0.2) is 61.2 Å². The smallest absolute Gasteiger partial charge is 0.545 e. The zero-order chi connectivity index (χ0) is 102. The molecule has 752 valence electrons. The minimum atomic E-state index is -1.13. The fourth-order valence-corrected chi connectivity index (χ4v) is 12.0. The minimum absolute atomic E-state index is 0. The molecule has 0 amide bonds. The van der Waals surface area contributed by atoms with Gasteiger partial charge in [-0.1, -0.05) is 243 Å². The van der Waals surface area contributed by atoms with Crippen LogP contribution in [0.1, 0.15) is 82.9 Å². The standard InChI is InChI=1S/4C9H10BN6.8C7H6O2.2CH2Cl2.4Tb/c4*1-4-11-14(7-1)10(15-8-2-5-12-15)16-9-3-6-13-16;8*8-7(9)6-4-2-1-3-5-6;2*2-1-3;;;;/h4*1-10H;8*1-5H,(H,8,9);2*1H2;;;;/q4*-1;;;;;;;;;;;4*+3/p-8. The van der Waals surface area contributed by atoms with Crippen molar-refractivity contribution in [3.63, 3.8) is 0 Å². The van der Waals surface area contributed by atoms with Crippen LogP contribution in [-0.4, -0.2) is 203 Å². The van der Waals surface area contributed by atoms with E-state index in [0.29, 0.717) is 0 Å². The molecule has 20 rings (SSSR count). The van der Waals surface area contributed by atoms with Gasteiger partial charge >= 0.3 is 183 Å². The normalized spacial score (nSPS) is 9.48. The number of halogens is 4. The number of alkyl halides is 4. The van der Waals surface area contributed by atoms with Crippen LogP contribution in [0.15, 0.2) is 464 Å². The first-order valence-electron chi connectivity index (χ1n) is 42.0. The third kappa shape index (κ3) is 47.6. The Hall–Kier alpha value is -13.4. The van der Waals surface area contributed by atoms with E-state index < -0.39 is 76.2 Å². The Kier molecular flexibility index (Phi) is 65.4. The molecule has 0 aliphatic rings. The molecule has 8 aromatic carbocycles. The molecule has 12 aromatic heterocycles. The van der Waals surface area contributed by atoms with Crippen LogP contribution in [0.2, 0.25) is 0 Å². The Balaban J connectivity index is 0.000000410. The molecule has 0 atom stereocenters. The molecule has 12 heterocycles. The number of aromatic carboxylic acids is 8. The van der Waals surface area contributed by atoms with Crippen LogP contribution in [0.25, 0.3) is 0 Å². The number of rotatable bonds is 20. The average Bonchev–Trinajstić information content (AvgIpc) is 1.70. The van der Waals surface area contributed by atoms with Gasteiger partial charge in [-0.3, -0.25) is 0 Å². The number of carboxylic acid groups (broad SMARTS) is 8. The van der Waals surface area contributed by atoms with Crippen LogP contribution >= 0.6 is 46.4 Å². The van der Waals surface area contributed by atoms with Gasteiger partial charge in [0, 0.05) is 74.4 Å². The first kappa shape index (κ1) is 127. The van der Waals surface area contributed by atoms with Crippen molar-refractivity contribution in [1.29, 1.82) is 0 Å². The predicted molar refractivity (Wildman–Crippen MR) is 519 cm³/mol. The molecule has 20 aromatic rings. The Morgan fingerprint density at radius 2 is 0.240 bits per heavy atom. The Morgan fingerprint density at radius 3 is 0.288 bits per heavy atom. The van der Waals surface area contributed by atoms with E-state index in [4.69, 9.17) is 46.4 Å². The molecule has 52 heteroatoms. The molecule has 0 bridgehead atoms. The fourth-order valence-electron chi connectivity index (χ4n) is 12.0. The third-order valence-electron chi connectivity index (χ3n) is 18.3. The summed E-state index contributed by atoms with van der Waals surface area (Å²) in [6, 6.07) is 87.3. The summed E-state index contributed by atoms with van der Waals surface area (Å²) in [4.78, 5) is 80.7. The summed E-state index contributed by atoms with van der Waals surface area (Å²) in [5, 5.41) is 132. The van der Waals surface area contributed by atoms with E-state index in [9.17, 15) is 79.2 Å². The van der Waals surface area contributed by atoms with Gasteiger partial charge in [-0.05, 0) is 192 Å². The second kappa shape index (κ2) is 75.3. The van der Waals surface area contributed by atoms with Crippen molar-refractivity contribution in [2.45, 2.75) is 0 Å². The Morgan fingerprint density at radius 1 is 0.164 bits per heavy atom. The van der Waals surface area contributed by atoms with Crippen LogP contribution in [0.3, 0.4) is 0 Å². The molecule has 0 saturated heterocycles. The zero-order valence-electron chi connectivity index (χ0n) is 76.2. The summed E-state index contributed by atoms with van der Waals surface area (Å²) in [5.41, 5.74) is 1.76. The first-order chi connectivity index (χ1) is 69.1. The summed E-state index contributed by atoms with van der Waals surface area (Å²) in [7, 11) is -4.50. The van der Waals surface area contributed by atoms with Gasteiger partial charge in [-0.2, -0.15) is 0 Å². The molecule has 146 heavy (non-hydrogen) atoms. The van der Waals surface area contributed by atoms with E-state index >= 15 is 0 Å². The van der Waals surface area contributed by atoms with Crippen LogP contribution in [0.4, 0.5) is 0 Å².